The molecule has 0 spiro atoms. The number of carbonyl (C=O) groups excluding carboxylic acids is 2. The van der Waals surface area contributed by atoms with Crippen molar-refractivity contribution in [2.24, 2.45) is 5.92 Å². The summed E-state index contributed by atoms with van der Waals surface area (Å²) in [6, 6.07) is -0.110. The van der Waals surface area contributed by atoms with Gasteiger partial charge in [-0.3, -0.25) is 4.79 Å². The number of hydrogen-bond acceptors (Lipinski definition) is 3. The predicted octanol–water partition coefficient (Wildman–Crippen LogP) is 1.36. The second kappa shape index (κ2) is 5.24. The largest absolute Gasteiger partial charge is 0.453 e. The summed E-state index contributed by atoms with van der Waals surface area (Å²) in [6.45, 7) is 0. The fourth-order valence-corrected chi connectivity index (χ4v) is 2.12. The average molecular weight is 217 g/mol. The lowest BCUT2D eigenvalue weighted by Gasteiger charge is -2.29. The maximum atomic E-state index is 11.2. The van der Waals surface area contributed by atoms with Gasteiger partial charge in [0.15, 0.2) is 5.12 Å². The van der Waals surface area contributed by atoms with Crippen molar-refractivity contribution in [1.29, 1.82) is 0 Å². The number of amides is 1. The van der Waals surface area contributed by atoms with Gasteiger partial charge >= 0.3 is 6.09 Å². The molecular weight excluding hydrogens is 202 g/mol. The van der Waals surface area contributed by atoms with Gasteiger partial charge in [-0.25, -0.2) is 4.79 Å². The monoisotopic (exact) mass is 217 g/mol. The van der Waals surface area contributed by atoms with Crippen molar-refractivity contribution >= 4 is 23.8 Å². The van der Waals surface area contributed by atoms with E-state index >= 15 is 0 Å². The molecular formula is C9H15NO3S. The number of nitrogens with one attached hydrogen (secondary N) is 1. The van der Waals surface area contributed by atoms with E-state index in [1.54, 1.807) is 0 Å². The zero-order valence-electron chi connectivity index (χ0n) is 8.16. The zero-order valence-corrected chi connectivity index (χ0v) is 9.05. The summed E-state index contributed by atoms with van der Waals surface area (Å²) in [5.74, 6) is -0.161. The van der Waals surface area contributed by atoms with Crippen LogP contribution >= 0.6 is 12.6 Å². The summed E-state index contributed by atoms with van der Waals surface area (Å²) in [5, 5.41) is 2.52. The van der Waals surface area contributed by atoms with Crippen LogP contribution < -0.4 is 5.32 Å². The van der Waals surface area contributed by atoms with Crippen LogP contribution in [-0.4, -0.2) is 24.4 Å². The Bertz CT molecular complexity index is 232. The van der Waals surface area contributed by atoms with Crippen LogP contribution in [0.2, 0.25) is 0 Å². The third kappa shape index (κ3) is 2.90. The molecule has 0 saturated heterocycles. The zero-order chi connectivity index (χ0) is 10.6. The Hall–Kier alpha value is -0.710. The number of alkyl carbamates (subject to hydrolysis) is 1. The third-order valence-corrected chi connectivity index (χ3v) is 2.90. The Kier molecular flexibility index (Phi) is 4.25. The minimum Gasteiger partial charge on any atom is -0.453 e. The predicted molar refractivity (Wildman–Crippen MR) is 55.3 cm³/mol. The first-order valence-electron chi connectivity index (χ1n) is 4.72. The second-order valence-corrected chi connectivity index (χ2v) is 3.91. The van der Waals surface area contributed by atoms with Crippen molar-refractivity contribution in [3.63, 3.8) is 0 Å². The smallest absolute Gasteiger partial charge is 0.407 e. The maximum absolute atomic E-state index is 11.2. The van der Waals surface area contributed by atoms with Crippen molar-refractivity contribution in [3.05, 3.63) is 0 Å². The number of hydrogen-bond donors (Lipinski definition) is 2. The number of methoxy groups -OCH3 is 1. The van der Waals surface area contributed by atoms with Crippen LogP contribution in [0.5, 0.6) is 0 Å². The van der Waals surface area contributed by atoms with Gasteiger partial charge < -0.3 is 10.1 Å². The van der Waals surface area contributed by atoms with E-state index in [0.29, 0.717) is 0 Å². The van der Waals surface area contributed by atoms with Crippen molar-refractivity contribution in [1.82, 2.24) is 5.32 Å². The highest BCUT2D eigenvalue weighted by Crippen LogP contribution is 2.26. The molecule has 5 heteroatoms. The Morgan fingerprint density at radius 3 is 2.57 bits per heavy atom. The molecule has 1 N–H and O–H groups in total. The van der Waals surface area contributed by atoms with E-state index in [1.807, 2.05) is 0 Å². The number of rotatable bonds is 2. The molecule has 80 valence electrons. The molecule has 1 rings (SSSR count). The van der Waals surface area contributed by atoms with E-state index < -0.39 is 6.09 Å². The van der Waals surface area contributed by atoms with E-state index in [4.69, 9.17) is 0 Å². The molecule has 0 aromatic rings. The van der Waals surface area contributed by atoms with Gasteiger partial charge in [-0.1, -0.05) is 12.8 Å². The minimum atomic E-state index is -0.475. The van der Waals surface area contributed by atoms with Crippen LogP contribution in [-0.2, 0) is 9.53 Å². The Morgan fingerprint density at radius 2 is 2.00 bits per heavy atom. The molecule has 1 saturated carbocycles. The third-order valence-electron chi connectivity index (χ3n) is 2.57. The van der Waals surface area contributed by atoms with Gasteiger partial charge in [0.05, 0.1) is 7.11 Å². The molecule has 0 bridgehead atoms. The lowest BCUT2D eigenvalue weighted by molar-refractivity contribution is -0.115. The molecule has 1 aliphatic carbocycles. The first kappa shape index (κ1) is 11.4. The van der Waals surface area contributed by atoms with Gasteiger partial charge in [-0.15, -0.1) is 12.6 Å². The van der Waals surface area contributed by atoms with Crippen molar-refractivity contribution in [2.75, 3.05) is 7.11 Å². The molecule has 1 amide bonds. The van der Waals surface area contributed by atoms with Gasteiger partial charge in [0.2, 0.25) is 0 Å². The highest BCUT2D eigenvalue weighted by Gasteiger charge is 2.30. The molecule has 2 atom stereocenters. The Balaban J connectivity index is 2.54. The summed E-state index contributed by atoms with van der Waals surface area (Å²) in [5.41, 5.74) is 0. The lowest BCUT2D eigenvalue weighted by atomic mass is 9.85. The SMILES string of the molecule is COC(=O)N[C@@H]1CCCC[C@@H]1C(=O)S. The van der Waals surface area contributed by atoms with Crippen LogP contribution in [0.1, 0.15) is 25.7 Å². The van der Waals surface area contributed by atoms with Crippen molar-refractivity contribution in [3.8, 4) is 0 Å². The van der Waals surface area contributed by atoms with Gasteiger partial charge in [0.1, 0.15) is 0 Å². The second-order valence-electron chi connectivity index (χ2n) is 3.47. The topological polar surface area (TPSA) is 55.4 Å². The fourth-order valence-electron chi connectivity index (χ4n) is 1.81. The minimum absolute atomic E-state index is 0.110. The molecule has 0 heterocycles. The molecule has 1 aliphatic rings. The average Bonchev–Trinajstić information content (AvgIpc) is 2.18. The van der Waals surface area contributed by atoms with E-state index in [1.165, 1.54) is 7.11 Å². The molecule has 4 nitrogen and oxygen atoms in total. The van der Waals surface area contributed by atoms with E-state index in [0.717, 1.165) is 25.7 Å². The van der Waals surface area contributed by atoms with E-state index in [-0.39, 0.29) is 17.1 Å². The van der Waals surface area contributed by atoms with Crippen molar-refractivity contribution in [2.45, 2.75) is 31.7 Å². The van der Waals surface area contributed by atoms with Crippen molar-refractivity contribution < 1.29 is 14.3 Å². The molecule has 0 aromatic carbocycles. The molecule has 0 aromatic heterocycles. The quantitative estimate of drug-likeness (QED) is 0.687. The molecule has 0 radical (unpaired) electrons. The Labute approximate surface area is 88.8 Å². The molecule has 1 fully saturated rings. The van der Waals surface area contributed by atoms with Crippen LogP contribution in [0, 0.1) is 5.92 Å². The summed E-state index contributed by atoms with van der Waals surface area (Å²) in [7, 11) is 1.32. The number of carbonyl (C=O) groups is 2. The van der Waals surface area contributed by atoms with Crippen LogP contribution in [0.4, 0.5) is 4.79 Å². The van der Waals surface area contributed by atoms with Crippen LogP contribution in [0.3, 0.4) is 0 Å². The van der Waals surface area contributed by atoms with E-state index in [9.17, 15) is 9.59 Å². The summed E-state index contributed by atoms with van der Waals surface area (Å²) in [4.78, 5) is 22.1. The van der Waals surface area contributed by atoms with E-state index in [2.05, 4.69) is 22.7 Å². The summed E-state index contributed by atoms with van der Waals surface area (Å²) < 4.78 is 4.49. The highest BCUT2D eigenvalue weighted by molar-refractivity contribution is 7.96. The van der Waals surface area contributed by atoms with Crippen LogP contribution in [0.15, 0.2) is 0 Å². The first-order valence-corrected chi connectivity index (χ1v) is 5.17. The van der Waals surface area contributed by atoms with Gasteiger partial charge in [0, 0.05) is 12.0 Å². The molecule has 14 heavy (non-hydrogen) atoms. The van der Waals surface area contributed by atoms with Gasteiger partial charge in [-0.05, 0) is 12.8 Å². The number of thiol groups is 1. The normalized spacial score (nSPS) is 26.7. The summed E-state index contributed by atoms with van der Waals surface area (Å²) >= 11 is 3.82. The molecule has 0 aliphatic heterocycles. The van der Waals surface area contributed by atoms with Gasteiger partial charge in [0.25, 0.3) is 0 Å². The standard InChI is InChI=1S/C9H15NO3S/c1-13-9(12)10-7-5-3-2-4-6(7)8(11)14/h6-7H,2-5H2,1H3,(H,10,12)(H,11,14)/t6-,7+/m0/s1. The lowest BCUT2D eigenvalue weighted by Crippen LogP contribution is -2.44. The maximum Gasteiger partial charge on any atom is 0.407 e. The first-order chi connectivity index (χ1) is 6.65. The molecule has 0 unspecified atom stereocenters. The number of ether oxygens (including phenoxy) is 1. The fraction of sp³-hybridized carbons (Fsp3) is 0.778. The van der Waals surface area contributed by atoms with Gasteiger partial charge in [-0.2, -0.15) is 0 Å². The Morgan fingerprint density at radius 1 is 1.36 bits per heavy atom. The summed E-state index contributed by atoms with van der Waals surface area (Å²) in [6.07, 6.45) is 3.21. The highest BCUT2D eigenvalue weighted by atomic mass is 32.1. The van der Waals surface area contributed by atoms with Crippen LogP contribution in [0.25, 0.3) is 0 Å².